The van der Waals surface area contributed by atoms with Gasteiger partial charge in [-0.15, -0.1) is 0 Å². The maximum atomic E-state index is 10.6. The van der Waals surface area contributed by atoms with Crippen molar-refractivity contribution in [3.8, 4) is 0 Å². The Labute approximate surface area is 55.8 Å². The van der Waals surface area contributed by atoms with Gasteiger partial charge in [-0.1, -0.05) is 0 Å². The number of amides is 1. The molecule has 1 amide bonds. The molecule has 0 bridgehead atoms. The molecule has 0 saturated carbocycles. The molecule has 0 atom stereocenters. The Morgan fingerprint density at radius 2 is 2.44 bits per heavy atom. The van der Waals surface area contributed by atoms with Crippen LogP contribution < -0.4 is 10.6 Å². The van der Waals surface area contributed by atoms with Crippen molar-refractivity contribution in [1.29, 1.82) is 0 Å². The van der Waals surface area contributed by atoms with Crippen LogP contribution in [0.1, 0.15) is 13.3 Å². The van der Waals surface area contributed by atoms with Crippen LogP contribution in [0.2, 0.25) is 0 Å². The second-order valence-electron chi connectivity index (χ2n) is 1.78. The lowest BCUT2D eigenvalue weighted by molar-refractivity contribution is -0.594. The Hall–Kier alpha value is -0.570. The van der Waals surface area contributed by atoms with Crippen LogP contribution in [0.25, 0.3) is 0 Å². The second kappa shape index (κ2) is 5.56. The minimum absolute atomic E-state index is 0.109. The minimum atomic E-state index is 0.109. The Balaban J connectivity index is 3.06. The van der Waals surface area contributed by atoms with Crippen LogP contribution in [-0.4, -0.2) is 19.0 Å². The smallest absolute Gasteiger partial charge is 0.225 e. The van der Waals surface area contributed by atoms with Gasteiger partial charge in [0.05, 0.1) is 13.0 Å². The predicted octanol–water partition coefficient (Wildman–Crippen LogP) is -1.13. The van der Waals surface area contributed by atoms with E-state index in [1.54, 1.807) is 5.32 Å². The summed E-state index contributed by atoms with van der Waals surface area (Å²) in [6.45, 7) is 3.40. The molecular weight excluding hydrogens is 116 g/mol. The maximum Gasteiger partial charge on any atom is 0.225 e. The molecule has 0 aliphatic heterocycles. The lowest BCUT2D eigenvalue weighted by Crippen LogP contribution is -2.77. The molecule has 3 heteroatoms. The molecule has 0 fully saturated rings. The number of rotatable bonds is 4. The van der Waals surface area contributed by atoms with Gasteiger partial charge in [0, 0.05) is 6.54 Å². The molecule has 0 aromatic rings. The first-order valence-electron chi connectivity index (χ1n) is 3.18. The zero-order chi connectivity index (χ0) is 7.11. The Morgan fingerprint density at radius 1 is 1.78 bits per heavy atom. The van der Waals surface area contributed by atoms with E-state index in [0.29, 0.717) is 6.42 Å². The van der Waals surface area contributed by atoms with Gasteiger partial charge < -0.3 is 10.6 Å². The van der Waals surface area contributed by atoms with E-state index in [1.165, 1.54) is 0 Å². The zero-order valence-corrected chi connectivity index (χ0v) is 5.81. The molecule has 9 heavy (non-hydrogen) atoms. The summed E-state index contributed by atoms with van der Waals surface area (Å²) in [7, 11) is 3.51. The number of carbonyl (C=O) groups excluding carboxylic acids is 1. The van der Waals surface area contributed by atoms with Crippen molar-refractivity contribution in [2.45, 2.75) is 13.3 Å². The molecule has 0 aliphatic carbocycles. The van der Waals surface area contributed by atoms with E-state index in [4.69, 9.17) is 0 Å². The quantitative estimate of drug-likeness (QED) is 0.465. The molecule has 3 nitrogen and oxygen atoms in total. The van der Waals surface area contributed by atoms with Crippen LogP contribution in [0.3, 0.4) is 0 Å². The first-order valence-corrected chi connectivity index (χ1v) is 3.18. The van der Waals surface area contributed by atoms with Crippen molar-refractivity contribution < 1.29 is 10.1 Å². The SMILES string of the molecule is [CH2-][NH2+]CCC(=O)NCC. The molecule has 0 aromatic heterocycles. The van der Waals surface area contributed by atoms with Crippen LogP contribution in [0, 0.1) is 7.05 Å². The van der Waals surface area contributed by atoms with Crippen LogP contribution in [-0.2, 0) is 4.79 Å². The van der Waals surface area contributed by atoms with Crippen molar-refractivity contribution in [3.05, 3.63) is 7.05 Å². The molecule has 0 radical (unpaired) electrons. The van der Waals surface area contributed by atoms with Gasteiger partial charge in [0.25, 0.3) is 0 Å². The third-order valence-corrected chi connectivity index (χ3v) is 0.949. The van der Waals surface area contributed by atoms with Gasteiger partial charge in [-0.25, -0.2) is 0 Å². The molecule has 0 saturated heterocycles. The van der Waals surface area contributed by atoms with E-state index >= 15 is 0 Å². The molecular formula is C6H14N2O. The summed E-state index contributed by atoms with van der Waals surface area (Å²) in [5.41, 5.74) is 0. The van der Waals surface area contributed by atoms with Gasteiger partial charge in [0.15, 0.2) is 0 Å². The molecule has 3 N–H and O–H groups in total. The number of hydrogen-bond donors (Lipinski definition) is 2. The molecule has 0 unspecified atom stereocenters. The fourth-order valence-corrected chi connectivity index (χ4v) is 0.519. The molecule has 0 aliphatic rings. The number of hydrogen-bond acceptors (Lipinski definition) is 1. The molecule has 0 heterocycles. The van der Waals surface area contributed by atoms with Gasteiger partial charge in [-0.3, -0.25) is 4.79 Å². The standard InChI is InChI=1S/C6H14N2O/c1-3-8-6(9)4-5-7-2/h2-5,7H2,1H3,(H,8,9). The monoisotopic (exact) mass is 130 g/mol. The van der Waals surface area contributed by atoms with Crippen LogP contribution in [0.15, 0.2) is 0 Å². The first kappa shape index (κ1) is 8.43. The Kier molecular flexibility index (Phi) is 5.21. The zero-order valence-electron chi connectivity index (χ0n) is 5.81. The van der Waals surface area contributed by atoms with Crippen molar-refractivity contribution in [2.24, 2.45) is 0 Å². The van der Waals surface area contributed by atoms with E-state index in [2.05, 4.69) is 12.4 Å². The highest BCUT2D eigenvalue weighted by Crippen LogP contribution is 1.70. The first-order chi connectivity index (χ1) is 4.31. The van der Waals surface area contributed by atoms with Gasteiger partial charge in [0.1, 0.15) is 0 Å². The maximum absolute atomic E-state index is 10.6. The van der Waals surface area contributed by atoms with Gasteiger partial charge in [-0.05, 0) is 6.92 Å². The van der Waals surface area contributed by atoms with Gasteiger partial charge in [0.2, 0.25) is 5.91 Å². The van der Waals surface area contributed by atoms with E-state index in [9.17, 15) is 4.79 Å². The van der Waals surface area contributed by atoms with Crippen molar-refractivity contribution >= 4 is 5.91 Å². The Morgan fingerprint density at radius 3 is 2.89 bits per heavy atom. The van der Waals surface area contributed by atoms with Crippen LogP contribution >= 0.6 is 0 Å². The summed E-state index contributed by atoms with van der Waals surface area (Å²) in [4.78, 5) is 10.6. The summed E-state index contributed by atoms with van der Waals surface area (Å²) < 4.78 is 0. The Bertz CT molecular complexity index is 83.1. The van der Waals surface area contributed by atoms with Crippen molar-refractivity contribution in [1.82, 2.24) is 5.32 Å². The van der Waals surface area contributed by atoms with Crippen molar-refractivity contribution in [2.75, 3.05) is 13.1 Å². The minimum Gasteiger partial charge on any atom is -0.478 e. The van der Waals surface area contributed by atoms with Crippen molar-refractivity contribution in [3.63, 3.8) is 0 Å². The highest BCUT2D eigenvalue weighted by molar-refractivity contribution is 5.75. The van der Waals surface area contributed by atoms with E-state index in [0.717, 1.165) is 13.1 Å². The largest absolute Gasteiger partial charge is 0.478 e. The molecule has 0 rings (SSSR count). The van der Waals surface area contributed by atoms with Crippen LogP contribution in [0.4, 0.5) is 0 Å². The number of carbonyl (C=O) groups is 1. The average molecular weight is 130 g/mol. The predicted molar refractivity (Wildman–Crippen MR) is 35.5 cm³/mol. The summed E-state index contributed by atoms with van der Waals surface area (Å²) >= 11 is 0. The fourth-order valence-electron chi connectivity index (χ4n) is 0.519. The third-order valence-electron chi connectivity index (χ3n) is 0.949. The van der Waals surface area contributed by atoms with E-state index < -0.39 is 0 Å². The third kappa shape index (κ3) is 5.30. The van der Waals surface area contributed by atoms with E-state index in [-0.39, 0.29) is 5.91 Å². The van der Waals surface area contributed by atoms with Crippen LogP contribution in [0.5, 0.6) is 0 Å². The summed E-state index contributed by atoms with van der Waals surface area (Å²) in [5.74, 6) is 0.109. The topological polar surface area (TPSA) is 45.7 Å². The van der Waals surface area contributed by atoms with E-state index in [1.807, 2.05) is 6.92 Å². The average Bonchev–Trinajstić information content (AvgIpc) is 1.85. The normalized spacial score (nSPS) is 9.11. The fraction of sp³-hybridized carbons (Fsp3) is 0.667. The lowest BCUT2D eigenvalue weighted by atomic mass is 10.4. The number of nitrogens with one attached hydrogen (secondary N) is 1. The second-order valence-corrected chi connectivity index (χ2v) is 1.78. The summed E-state index contributed by atoms with van der Waals surface area (Å²) in [6.07, 6.45) is 0.567. The number of quaternary nitrogens is 1. The molecule has 0 spiro atoms. The molecule has 54 valence electrons. The lowest BCUT2D eigenvalue weighted by Gasteiger charge is -2.00. The summed E-state index contributed by atoms with van der Waals surface area (Å²) in [6, 6.07) is 0. The summed E-state index contributed by atoms with van der Waals surface area (Å²) in [5, 5.41) is 4.44. The van der Waals surface area contributed by atoms with Gasteiger partial charge >= 0.3 is 0 Å². The highest BCUT2D eigenvalue weighted by Gasteiger charge is 1.95. The highest BCUT2D eigenvalue weighted by atomic mass is 16.1. The number of nitrogens with two attached hydrogens (primary N) is 1. The van der Waals surface area contributed by atoms with Gasteiger partial charge in [-0.2, -0.15) is 7.05 Å². The molecule has 0 aromatic carbocycles.